The van der Waals surface area contributed by atoms with Crippen molar-refractivity contribution in [3.63, 3.8) is 0 Å². The molecule has 1 aromatic rings. The van der Waals surface area contributed by atoms with E-state index in [0.29, 0.717) is 0 Å². The maximum absolute atomic E-state index is 6.88. The van der Waals surface area contributed by atoms with Crippen molar-refractivity contribution >= 4 is 12.4 Å². The zero-order valence-electron chi connectivity index (χ0n) is 14.9. The summed E-state index contributed by atoms with van der Waals surface area (Å²) in [6.07, 6.45) is 12.6. The molecule has 2 N–H and O–H groups in total. The minimum absolute atomic E-state index is 0. The summed E-state index contributed by atoms with van der Waals surface area (Å²) in [5.74, 6) is 0. The molecule has 0 saturated heterocycles. The van der Waals surface area contributed by atoms with E-state index in [1.165, 1.54) is 62.5 Å². The molecule has 128 valence electrons. The number of rotatable bonds is 11. The Bertz CT molecular complexity index is 377. The number of hydrogen-bond acceptors (Lipinski definition) is 1. The average Bonchev–Trinajstić information content (AvgIpc) is 2.49. The van der Waals surface area contributed by atoms with Gasteiger partial charge in [0.1, 0.15) is 0 Å². The van der Waals surface area contributed by atoms with Crippen LogP contribution >= 0.6 is 12.4 Å². The van der Waals surface area contributed by atoms with Gasteiger partial charge in [0.2, 0.25) is 0 Å². The van der Waals surface area contributed by atoms with Gasteiger partial charge in [0, 0.05) is 5.54 Å². The number of hydrogen-bond donors (Lipinski definition) is 1. The van der Waals surface area contributed by atoms with Crippen LogP contribution in [0.15, 0.2) is 24.3 Å². The van der Waals surface area contributed by atoms with E-state index in [2.05, 4.69) is 45.0 Å². The Morgan fingerprint density at radius 1 is 0.818 bits per heavy atom. The Morgan fingerprint density at radius 2 is 1.32 bits per heavy atom. The lowest BCUT2D eigenvalue weighted by molar-refractivity contribution is 0.343. The smallest absolute Gasteiger partial charge is 0.0412 e. The normalized spacial score (nSPS) is 11.3. The monoisotopic (exact) mass is 325 g/mol. The van der Waals surface area contributed by atoms with E-state index >= 15 is 0 Å². The first-order valence-corrected chi connectivity index (χ1v) is 8.99. The molecule has 0 spiro atoms. The van der Waals surface area contributed by atoms with Crippen molar-refractivity contribution in [2.45, 2.75) is 90.5 Å². The number of halogens is 1. The Kier molecular flexibility index (Phi) is 11.7. The lowest BCUT2D eigenvalue weighted by Gasteiger charge is -2.32. The van der Waals surface area contributed by atoms with Gasteiger partial charge in [-0.1, -0.05) is 89.5 Å². The van der Waals surface area contributed by atoms with Crippen molar-refractivity contribution in [2.24, 2.45) is 5.73 Å². The molecule has 0 aliphatic rings. The van der Waals surface area contributed by atoms with E-state index < -0.39 is 0 Å². The molecule has 0 saturated carbocycles. The summed E-state index contributed by atoms with van der Waals surface area (Å²) in [6, 6.07) is 8.71. The largest absolute Gasteiger partial charge is 0.321 e. The van der Waals surface area contributed by atoms with Gasteiger partial charge < -0.3 is 5.73 Å². The summed E-state index contributed by atoms with van der Waals surface area (Å²) in [5, 5.41) is 0. The first-order valence-electron chi connectivity index (χ1n) is 8.99. The topological polar surface area (TPSA) is 26.0 Å². The molecule has 0 aromatic heterocycles. The highest BCUT2D eigenvalue weighted by Crippen LogP contribution is 2.32. The molecule has 0 aliphatic heterocycles. The lowest BCUT2D eigenvalue weighted by atomic mass is 9.79. The van der Waals surface area contributed by atoms with Crippen LogP contribution in [0, 0.1) is 6.92 Å². The molecule has 1 aromatic carbocycles. The van der Waals surface area contributed by atoms with Gasteiger partial charge in [0.25, 0.3) is 0 Å². The van der Waals surface area contributed by atoms with E-state index in [9.17, 15) is 0 Å². The van der Waals surface area contributed by atoms with Crippen LogP contribution in [-0.2, 0) is 5.54 Å². The Hall–Kier alpha value is -0.530. The van der Waals surface area contributed by atoms with Crippen LogP contribution in [0.5, 0.6) is 0 Å². The van der Waals surface area contributed by atoms with E-state index in [1.807, 2.05) is 0 Å². The number of aryl methyl sites for hydroxylation is 1. The fraction of sp³-hybridized carbons (Fsp3) is 0.700. The second-order valence-electron chi connectivity index (χ2n) is 6.59. The quantitative estimate of drug-likeness (QED) is 0.461. The first-order chi connectivity index (χ1) is 10.1. The molecular weight excluding hydrogens is 290 g/mol. The minimum Gasteiger partial charge on any atom is -0.321 e. The third-order valence-corrected chi connectivity index (χ3v) is 4.63. The summed E-state index contributed by atoms with van der Waals surface area (Å²) >= 11 is 0. The highest BCUT2D eigenvalue weighted by molar-refractivity contribution is 5.85. The molecule has 2 heteroatoms. The second-order valence-corrected chi connectivity index (χ2v) is 6.59. The molecule has 0 amide bonds. The summed E-state index contributed by atoms with van der Waals surface area (Å²) < 4.78 is 0. The fourth-order valence-electron chi connectivity index (χ4n) is 3.26. The Balaban J connectivity index is 0.00000441. The molecule has 1 nitrogen and oxygen atoms in total. The Labute approximate surface area is 144 Å². The van der Waals surface area contributed by atoms with Crippen LogP contribution in [0.2, 0.25) is 0 Å². The van der Waals surface area contributed by atoms with Crippen molar-refractivity contribution < 1.29 is 0 Å². The third kappa shape index (κ3) is 7.15. The number of nitrogens with two attached hydrogens (primary N) is 1. The maximum Gasteiger partial charge on any atom is 0.0412 e. The third-order valence-electron chi connectivity index (χ3n) is 4.63. The van der Waals surface area contributed by atoms with Crippen LogP contribution in [0.25, 0.3) is 0 Å². The van der Waals surface area contributed by atoms with Gasteiger partial charge in [-0.05, 0) is 30.9 Å². The van der Waals surface area contributed by atoms with Crippen LogP contribution in [0.3, 0.4) is 0 Å². The number of unbranched alkanes of at least 4 members (excludes halogenated alkanes) is 6. The van der Waals surface area contributed by atoms with Gasteiger partial charge in [0.05, 0.1) is 0 Å². The zero-order valence-corrected chi connectivity index (χ0v) is 15.7. The minimum atomic E-state index is -0.118. The molecule has 1 rings (SSSR count). The molecule has 0 heterocycles. The summed E-state index contributed by atoms with van der Waals surface area (Å²) in [7, 11) is 0. The molecule has 0 aliphatic carbocycles. The molecule has 0 atom stereocenters. The van der Waals surface area contributed by atoms with Gasteiger partial charge in [-0.3, -0.25) is 0 Å². The molecule has 0 bridgehead atoms. The van der Waals surface area contributed by atoms with Crippen LogP contribution < -0.4 is 5.73 Å². The summed E-state index contributed by atoms with van der Waals surface area (Å²) in [4.78, 5) is 0. The average molecular weight is 326 g/mol. The fourth-order valence-corrected chi connectivity index (χ4v) is 3.26. The second kappa shape index (κ2) is 12.0. The predicted octanol–water partition coefficient (Wildman–Crippen LogP) is 6.51. The molecule has 22 heavy (non-hydrogen) atoms. The summed E-state index contributed by atoms with van der Waals surface area (Å²) in [5.41, 5.74) is 9.49. The lowest BCUT2D eigenvalue weighted by Crippen LogP contribution is -2.37. The standard InChI is InChI=1S/C20H35N.ClH/c1-4-6-8-12-16-20(21,17-13-9-7-5-2)19-15-11-10-14-18(19)3;/h10-11,14-15H,4-9,12-13,16-17,21H2,1-3H3;1H. The summed E-state index contributed by atoms with van der Waals surface area (Å²) in [6.45, 7) is 6.73. The van der Waals surface area contributed by atoms with Gasteiger partial charge in [-0.25, -0.2) is 0 Å². The van der Waals surface area contributed by atoms with E-state index in [-0.39, 0.29) is 17.9 Å². The molecule has 0 unspecified atom stereocenters. The number of benzene rings is 1. The van der Waals surface area contributed by atoms with E-state index in [4.69, 9.17) is 5.73 Å². The zero-order chi connectivity index (χ0) is 15.6. The van der Waals surface area contributed by atoms with Crippen molar-refractivity contribution in [1.29, 1.82) is 0 Å². The maximum atomic E-state index is 6.88. The highest BCUT2D eigenvalue weighted by atomic mass is 35.5. The van der Waals surface area contributed by atoms with Gasteiger partial charge >= 0.3 is 0 Å². The van der Waals surface area contributed by atoms with Gasteiger partial charge in [0.15, 0.2) is 0 Å². The highest BCUT2D eigenvalue weighted by Gasteiger charge is 2.27. The van der Waals surface area contributed by atoms with Crippen LogP contribution in [0.4, 0.5) is 0 Å². The van der Waals surface area contributed by atoms with Crippen molar-refractivity contribution in [2.75, 3.05) is 0 Å². The van der Waals surface area contributed by atoms with E-state index in [0.717, 1.165) is 12.8 Å². The molecule has 0 radical (unpaired) electrons. The first kappa shape index (κ1) is 21.5. The Morgan fingerprint density at radius 3 is 1.77 bits per heavy atom. The molecular formula is C20H36ClN. The van der Waals surface area contributed by atoms with E-state index in [1.54, 1.807) is 0 Å². The van der Waals surface area contributed by atoms with Crippen molar-refractivity contribution in [3.05, 3.63) is 35.4 Å². The predicted molar refractivity (Wildman–Crippen MR) is 102 cm³/mol. The van der Waals surface area contributed by atoms with Crippen molar-refractivity contribution in [1.82, 2.24) is 0 Å². The van der Waals surface area contributed by atoms with Crippen LogP contribution in [-0.4, -0.2) is 0 Å². The van der Waals surface area contributed by atoms with Crippen LogP contribution in [0.1, 0.15) is 89.2 Å². The van der Waals surface area contributed by atoms with Gasteiger partial charge in [-0.2, -0.15) is 0 Å². The van der Waals surface area contributed by atoms with Crippen molar-refractivity contribution in [3.8, 4) is 0 Å². The van der Waals surface area contributed by atoms with Gasteiger partial charge in [-0.15, -0.1) is 12.4 Å². The SMILES string of the molecule is CCCCCCC(N)(CCCCCC)c1ccccc1C.Cl. The molecule has 0 fully saturated rings.